The van der Waals surface area contributed by atoms with Crippen LogP contribution in [0.2, 0.25) is 0 Å². The van der Waals surface area contributed by atoms with Gasteiger partial charge in [-0.15, -0.1) is 11.3 Å². The number of carbonyl (C=O) groups excluding carboxylic acids is 1. The van der Waals surface area contributed by atoms with Gasteiger partial charge in [0.2, 0.25) is 0 Å². The number of rotatable bonds is 2. The molecule has 1 heterocycles. The molecule has 0 saturated heterocycles. The number of aliphatic hydroxyl groups excluding tert-OH is 1. The Bertz CT molecular complexity index is 490. The first-order valence-electron chi connectivity index (χ1n) is 4.02. The summed E-state index contributed by atoms with van der Waals surface area (Å²) < 4.78 is 13.9. The molecule has 2 rings (SSSR count). The van der Waals surface area contributed by atoms with E-state index in [9.17, 15) is 9.18 Å². The average molecular weight is 210 g/mol. The first kappa shape index (κ1) is 9.30. The molecule has 14 heavy (non-hydrogen) atoms. The fourth-order valence-electron chi connectivity index (χ4n) is 1.42. The van der Waals surface area contributed by atoms with E-state index in [0.29, 0.717) is 27.5 Å². The molecule has 1 aromatic heterocycles. The molecule has 1 N–H and O–H groups in total. The van der Waals surface area contributed by atoms with Crippen molar-refractivity contribution >= 4 is 27.7 Å². The van der Waals surface area contributed by atoms with Gasteiger partial charge in [0.25, 0.3) is 0 Å². The summed E-state index contributed by atoms with van der Waals surface area (Å²) >= 11 is 1.18. The van der Waals surface area contributed by atoms with Crippen molar-refractivity contribution in [1.82, 2.24) is 0 Å². The van der Waals surface area contributed by atoms with Gasteiger partial charge in [0.15, 0.2) is 6.29 Å². The number of aliphatic hydroxyl groups is 1. The van der Waals surface area contributed by atoms with Crippen LogP contribution >= 0.6 is 11.3 Å². The van der Waals surface area contributed by atoms with Crippen LogP contribution in [-0.2, 0) is 6.61 Å². The fraction of sp³-hybridized carbons (Fsp3) is 0.100. The van der Waals surface area contributed by atoms with Gasteiger partial charge in [0, 0.05) is 21.0 Å². The van der Waals surface area contributed by atoms with E-state index in [1.165, 1.54) is 16.7 Å². The highest BCUT2D eigenvalue weighted by atomic mass is 32.1. The van der Waals surface area contributed by atoms with E-state index in [1.807, 2.05) is 0 Å². The number of hydrogen-bond acceptors (Lipinski definition) is 3. The molecule has 4 heteroatoms. The average Bonchev–Trinajstić information content (AvgIpc) is 2.60. The second kappa shape index (κ2) is 3.48. The van der Waals surface area contributed by atoms with E-state index in [-0.39, 0.29) is 12.4 Å². The van der Waals surface area contributed by atoms with Gasteiger partial charge in [0.1, 0.15) is 5.82 Å². The molecule has 0 amide bonds. The molecule has 0 aliphatic rings. The Morgan fingerprint density at radius 3 is 2.93 bits per heavy atom. The molecular weight excluding hydrogens is 203 g/mol. The van der Waals surface area contributed by atoms with Gasteiger partial charge < -0.3 is 5.11 Å². The van der Waals surface area contributed by atoms with Gasteiger partial charge in [-0.3, -0.25) is 4.79 Å². The number of aldehydes is 1. The SMILES string of the molecule is O=Cc1ccc(CO)c2c(F)csc12. The van der Waals surface area contributed by atoms with E-state index >= 15 is 0 Å². The summed E-state index contributed by atoms with van der Waals surface area (Å²) in [5, 5.41) is 10.7. The summed E-state index contributed by atoms with van der Waals surface area (Å²) in [6.45, 7) is -0.219. The highest BCUT2D eigenvalue weighted by Crippen LogP contribution is 2.30. The molecule has 2 aromatic rings. The topological polar surface area (TPSA) is 37.3 Å². The molecular formula is C10H7FO2S. The Labute approximate surface area is 83.6 Å². The van der Waals surface area contributed by atoms with E-state index < -0.39 is 0 Å². The lowest BCUT2D eigenvalue weighted by Crippen LogP contribution is -1.88. The van der Waals surface area contributed by atoms with E-state index in [2.05, 4.69) is 0 Å². The zero-order valence-electron chi connectivity index (χ0n) is 7.16. The van der Waals surface area contributed by atoms with Crippen molar-refractivity contribution in [2.24, 2.45) is 0 Å². The van der Waals surface area contributed by atoms with Crippen LogP contribution in [-0.4, -0.2) is 11.4 Å². The molecule has 1 aromatic carbocycles. The summed E-state index contributed by atoms with van der Waals surface area (Å²) in [6.07, 6.45) is 0.694. The molecule has 0 radical (unpaired) electrons. The third kappa shape index (κ3) is 1.23. The Morgan fingerprint density at radius 1 is 1.50 bits per heavy atom. The molecule has 2 nitrogen and oxygen atoms in total. The van der Waals surface area contributed by atoms with Crippen molar-refractivity contribution < 1.29 is 14.3 Å². The maximum absolute atomic E-state index is 13.3. The van der Waals surface area contributed by atoms with Gasteiger partial charge in [-0.2, -0.15) is 0 Å². The molecule has 0 aliphatic heterocycles. The normalized spacial score (nSPS) is 10.7. The summed E-state index contributed by atoms with van der Waals surface area (Å²) in [6, 6.07) is 3.17. The lowest BCUT2D eigenvalue weighted by molar-refractivity contribution is 0.112. The first-order valence-corrected chi connectivity index (χ1v) is 4.90. The molecule has 0 bridgehead atoms. The number of benzene rings is 1. The van der Waals surface area contributed by atoms with Crippen molar-refractivity contribution in [2.75, 3.05) is 0 Å². The molecule has 0 spiro atoms. The Balaban J connectivity index is 2.87. The minimum atomic E-state index is -0.377. The monoisotopic (exact) mass is 210 g/mol. The smallest absolute Gasteiger partial charge is 0.151 e. The quantitative estimate of drug-likeness (QED) is 0.772. The number of halogens is 1. The molecule has 0 unspecified atom stereocenters. The van der Waals surface area contributed by atoms with Crippen LogP contribution in [0.5, 0.6) is 0 Å². The second-order valence-electron chi connectivity index (χ2n) is 2.88. The highest BCUT2D eigenvalue weighted by molar-refractivity contribution is 7.17. The zero-order valence-corrected chi connectivity index (χ0v) is 7.97. The number of thiophene rings is 1. The maximum Gasteiger partial charge on any atom is 0.151 e. The van der Waals surface area contributed by atoms with Crippen LogP contribution < -0.4 is 0 Å². The van der Waals surface area contributed by atoms with Crippen molar-refractivity contribution in [3.05, 3.63) is 34.5 Å². The molecule has 0 saturated carbocycles. The first-order chi connectivity index (χ1) is 6.77. The fourth-order valence-corrected chi connectivity index (χ4v) is 2.36. The van der Waals surface area contributed by atoms with Crippen LogP contribution in [0.3, 0.4) is 0 Å². The third-order valence-corrected chi connectivity index (χ3v) is 3.09. The van der Waals surface area contributed by atoms with Gasteiger partial charge in [-0.05, 0) is 11.6 Å². The minimum Gasteiger partial charge on any atom is -0.392 e. The van der Waals surface area contributed by atoms with E-state index in [4.69, 9.17) is 5.11 Å². The van der Waals surface area contributed by atoms with Crippen LogP contribution in [0.15, 0.2) is 17.5 Å². The second-order valence-corrected chi connectivity index (χ2v) is 3.76. The third-order valence-electron chi connectivity index (χ3n) is 2.09. The van der Waals surface area contributed by atoms with Crippen molar-refractivity contribution in [2.45, 2.75) is 6.61 Å². The summed E-state index contributed by atoms with van der Waals surface area (Å²) in [4.78, 5) is 10.7. The Hall–Kier alpha value is -1.26. The molecule has 0 atom stereocenters. The standard InChI is InChI=1S/C10H7FO2S/c11-8-5-14-10-7(4-13)2-1-6(3-12)9(8)10/h1-2,4-5,12H,3H2. The van der Waals surface area contributed by atoms with Crippen LogP contribution in [0.4, 0.5) is 4.39 Å². The Morgan fingerprint density at radius 2 is 2.29 bits per heavy atom. The highest BCUT2D eigenvalue weighted by Gasteiger charge is 2.11. The minimum absolute atomic E-state index is 0.219. The number of hydrogen-bond donors (Lipinski definition) is 1. The van der Waals surface area contributed by atoms with Crippen molar-refractivity contribution in [1.29, 1.82) is 0 Å². The molecule has 72 valence electrons. The number of fused-ring (bicyclic) bond motifs is 1. The largest absolute Gasteiger partial charge is 0.392 e. The van der Waals surface area contributed by atoms with E-state index in [1.54, 1.807) is 12.1 Å². The lowest BCUT2D eigenvalue weighted by atomic mass is 10.1. The predicted octanol–water partition coefficient (Wildman–Crippen LogP) is 2.35. The van der Waals surface area contributed by atoms with Gasteiger partial charge in [0.05, 0.1) is 6.61 Å². The van der Waals surface area contributed by atoms with Crippen LogP contribution in [0.25, 0.3) is 10.1 Å². The van der Waals surface area contributed by atoms with Gasteiger partial charge >= 0.3 is 0 Å². The summed E-state index contributed by atoms with van der Waals surface area (Å²) in [7, 11) is 0. The Kier molecular flexibility index (Phi) is 2.31. The van der Waals surface area contributed by atoms with Crippen molar-refractivity contribution in [3.63, 3.8) is 0 Å². The summed E-state index contributed by atoms with van der Waals surface area (Å²) in [5.74, 6) is -0.377. The van der Waals surface area contributed by atoms with Gasteiger partial charge in [-0.1, -0.05) is 6.07 Å². The van der Waals surface area contributed by atoms with E-state index in [0.717, 1.165) is 0 Å². The maximum atomic E-state index is 13.3. The molecule has 0 aliphatic carbocycles. The predicted molar refractivity (Wildman–Crippen MR) is 53.1 cm³/mol. The van der Waals surface area contributed by atoms with Crippen molar-refractivity contribution in [3.8, 4) is 0 Å². The zero-order chi connectivity index (χ0) is 10.1. The summed E-state index contributed by atoms with van der Waals surface area (Å²) in [5.41, 5.74) is 0.982. The van der Waals surface area contributed by atoms with Crippen LogP contribution in [0.1, 0.15) is 15.9 Å². The van der Waals surface area contributed by atoms with Gasteiger partial charge in [-0.25, -0.2) is 4.39 Å². The molecule has 0 fully saturated rings. The number of carbonyl (C=O) groups is 1. The lowest BCUT2D eigenvalue weighted by Gasteiger charge is -2.00. The van der Waals surface area contributed by atoms with Crippen LogP contribution in [0, 0.1) is 5.82 Å².